The van der Waals surface area contributed by atoms with Crippen molar-refractivity contribution in [2.45, 2.75) is 25.9 Å². The summed E-state index contributed by atoms with van der Waals surface area (Å²) in [6, 6.07) is 5.36. The molecule has 1 heterocycles. The lowest BCUT2D eigenvalue weighted by Crippen LogP contribution is -2.37. The number of nitrogens with one attached hydrogen (secondary N) is 1. The van der Waals surface area contributed by atoms with Gasteiger partial charge in [0.2, 0.25) is 5.91 Å². The topological polar surface area (TPSA) is 99.3 Å². The molecule has 0 fully saturated rings. The van der Waals surface area contributed by atoms with Gasteiger partial charge in [-0.05, 0) is 31.2 Å². The summed E-state index contributed by atoms with van der Waals surface area (Å²) < 4.78 is 19.6. The molecule has 1 amide bonds. The van der Waals surface area contributed by atoms with Gasteiger partial charge >= 0.3 is 5.69 Å². The zero-order valence-electron chi connectivity index (χ0n) is 13.0. The maximum absolute atomic E-state index is 12.8. The van der Waals surface area contributed by atoms with E-state index in [0.29, 0.717) is 5.75 Å². The van der Waals surface area contributed by atoms with Crippen LogP contribution in [-0.2, 0) is 11.3 Å². The van der Waals surface area contributed by atoms with Crippen molar-refractivity contribution < 1.29 is 18.8 Å². The molecule has 0 radical (unpaired) electrons. The van der Waals surface area contributed by atoms with Crippen LogP contribution in [0.2, 0.25) is 0 Å². The Morgan fingerprint density at radius 1 is 1.46 bits per heavy atom. The summed E-state index contributed by atoms with van der Waals surface area (Å²) in [7, 11) is 0. The lowest BCUT2D eigenvalue weighted by atomic mass is 10.3. The van der Waals surface area contributed by atoms with Gasteiger partial charge < -0.3 is 10.1 Å². The third-order valence-corrected chi connectivity index (χ3v) is 3.12. The molecule has 0 saturated heterocycles. The third kappa shape index (κ3) is 5.34. The van der Waals surface area contributed by atoms with E-state index in [-0.39, 0.29) is 43.0 Å². The molecule has 1 N–H and O–H groups in total. The number of amides is 1. The number of rotatable bonds is 8. The SMILES string of the molecule is CC(COc1ccc(F)cc1)NC(=O)CCn1cc([N+](=O)[O-])cn1. The van der Waals surface area contributed by atoms with Gasteiger partial charge in [0.05, 0.1) is 11.0 Å². The lowest BCUT2D eigenvalue weighted by Gasteiger charge is -2.15. The number of halogens is 1. The van der Waals surface area contributed by atoms with E-state index in [9.17, 15) is 19.3 Å². The maximum atomic E-state index is 12.8. The largest absolute Gasteiger partial charge is 0.491 e. The van der Waals surface area contributed by atoms with Crippen molar-refractivity contribution in [1.29, 1.82) is 0 Å². The molecule has 2 rings (SSSR count). The molecular formula is C15H17FN4O4. The van der Waals surface area contributed by atoms with Crippen LogP contribution < -0.4 is 10.1 Å². The van der Waals surface area contributed by atoms with Crippen molar-refractivity contribution in [1.82, 2.24) is 15.1 Å². The molecule has 8 nitrogen and oxygen atoms in total. The van der Waals surface area contributed by atoms with E-state index < -0.39 is 4.92 Å². The summed E-state index contributed by atoms with van der Waals surface area (Å²) in [5.74, 6) is -0.0488. The van der Waals surface area contributed by atoms with Crippen LogP contribution in [0.3, 0.4) is 0 Å². The Balaban J connectivity index is 1.70. The summed E-state index contributed by atoms with van der Waals surface area (Å²) in [4.78, 5) is 21.8. The summed E-state index contributed by atoms with van der Waals surface area (Å²) >= 11 is 0. The molecule has 1 unspecified atom stereocenters. The van der Waals surface area contributed by atoms with Crippen LogP contribution in [0.25, 0.3) is 0 Å². The minimum absolute atomic E-state index is 0.114. The first-order valence-electron chi connectivity index (χ1n) is 7.28. The normalized spacial score (nSPS) is 11.8. The molecule has 0 aliphatic rings. The second kappa shape index (κ2) is 8.04. The fourth-order valence-electron chi connectivity index (χ4n) is 1.93. The van der Waals surface area contributed by atoms with Gasteiger partial charge in [0, 0.05) is 13.0 Å². The summed E-state index contributed by atoms with van der Waals surface area (Å²) in [5, 5.41) is 17.1. The van der Waals surface area contributed by atoms with Gasteiger partial charge in [-0.1, -0.05) is 0 Å². The van der Waals surface area contributed by atoms with E-state index in [1.807, 2.05) is 0 Å². The second-order valence-corrected chi connectivity index (χ2v) is 5.20. The quantitative estimate of drug-likeness (QED) is 0.586. The molecule has 0 aliphatic carbocycles. The van der Waals surface area contributed by atoms with Gasteiger partial charge in [-0.15, -0.1) is 0 Å². The number of hydrogen-bond acceptors (Lipinski definition) is 5. The predicted octanol–water partition coefficient (Wildman–Crippen LogP) is 1.90. The highest BCUT2D eigenvalue weighted by atomic mass is 19.1. The van der Waals surface area contributed by atoms with Crippen molar-refractivity contribution >= 4 is 11.6 Å². The van der Waals surface area contributed by atoms with E-state index in [1.54, 1.807) is 6.92 Å². The smallest absolute Gasteiger partial charge is 0.306 e. The summed E-state index contributed by atoms with van der Waals surface area (Å²) in [6.45, 7) is 2.26. The van der Waals surface area contributed by atoms with E-state index in [0.717, 1.165) is 6.20 Å². The van der Waals surface area contributed by atoms with Crippen molar-refractivity contribution in [2.24, 2.45) is 0 Å². The number of ether oxygens (including phenoxy) is 1. The number of nitro groups is 1. The molecular weight excluding hydrogens is 319 g/mol. The van der Waals surface area contributed by atoms with Gasteiger partial charge in [-0.25, -0.2) is 4.39 Å². The van der Waals surface area contributed by atoms with Gasteiger partial charge in [0.15, 0.2) is 0 Å². The number of aromatic nitrogens is 2. The van der Waals surface area contributed by atoms with Crippen molar-refractivity contribution in [3.8, 4) is 5.75 Å². The van der Waals surface area contributed by atoms with Gasteiger partial charge in [0.25, 0.3) is 0 Å². The minimum atomic E-state index is -0.543. The Hall–Kier alpha value is -2.97. The Morgan fingerprint density at radius 2 is 2.17 bits per heavy atom. The first-order chi connectivity index (χ1) is 11.4. The standard InChI is InChI=1S/C15H17FN4O4/c1-11(10-24-14-4-2-12(16)3-5-14)18-15(21)6-7-19-9-13(8-17-19)20(22)23/h2-5,8-9,11H,6-7,10H2,1H3,(H,18,21). The van der Waals surface area contributed by atoms with Gasteiger partial charge in [0.1, 0.15) is 30.6 Å². The van der Waals surface area contributed by atoms with Crippen LogP contribution in [0.4, 0.5) is 10.1 Å². The van der Waals surface area contributed by atoms with Crippen molar-refractivity contribution in [3.63, 3.8) is 0 Å². The maximum Gasteiger partial charge on any atom is 0.306 e. The lowest BCUT2D eigenvalue weighted by molar-refractivity contribution is -0.385. The first-order valence-corrected chi connectivity index (χ1v) is 7.28. The Morgan fingerprint density at radius 3 is 2.79 bits per heavy atom. The fraction of sp³-hybridized carbons (Fsp3) is 0.333. The number of carbonyl (C=O) groups excluding carboxylic acids is 1. The molecule has 0 bridgehead atoms. The third-order valence-electron chi connectivity index (χ3n) is 3.12. The predicted molar refractivity (Wildman–Crippen MR) is 83.0 cm³/mol. The van der Waals surface area contributed by atoms with E-state index in [1.165, 1.54) is 35.1 Å². The van der Waals surface area contributed by atoms with E-state index in [4.69, 9.17) is 4.74 Å². The molecule has 24 heavy (non-hydrogen) atoms. The molecule has 0 spiro atoms. The Bertz CT molecular complexity index is 702. The van der Waals surface area contributed by atoms with Crippen LogP contribution in [0.1, 0.15) is 13.3 Å². The number of nitrogens with zero attached hydrogens (tertiary/aromatic N) is 3. The van der Waals surface area contributed by atoms with Crippen LogP contribution in [0.5, 0.6) is 5.75 Å². The number of aryl methyl sites for hydroxylation is 1. The highest BCUT2D eigenvalue weighted by Gasteiger charge is 2.11. The highest BCUT2D eigenvalue weighted by molar-refractivity contribution is 5.76. The van der Waals surface area contributed by atoms with Gasteiger partial charge in [-0.3, -0.25) is 19.6 Å². The average molecular weight is 336 g/mol. The minimum Gasteiger partial charge on any atom is -0.491 e. The summed E-state index contributed by atoms with van der Waals surface area (Å²) in [5.41, 5.74) is -0.114. The van der Waals surface area contributed by atoms with Gasteiger partial charge in [-0.2, -0.15) is 5.10 Å². The molecule has 1 atom stereocenters. The van der Waals surface area contributed by atoms with Crippen LogP contribution in [0, 0.1) is 15.9 Å². The van der Waals surface area contributed by atoms with Crippen LogP contribution in [-0.4, -0.2) is 33.3 Å². The molecule has 2 aromatic rings. The molecule has 0 aliphatic heterocycles. The highest BCUT2D eigenvalue weighted by Crippen LogP contribution is 2.11. The number of benzene rings is 1. The molecule has 128 valence electrons. The fourth-order valence-corrected chi connectivity index (χ4v) is 1.93. The summed E-state index contributed by atoms with van der Waals surface area (Å²) in [6.07, 6.45) is 2.55. The zero-order chi connectivity index (χ0) is 17.5. The van der Waals surface area contributed by atoms with E-state index in [2.05, 4.69) is 10.4 Å². The first kappa shape index (κ1) is 17.4. The van der Waals surface area contributed by atoms with Crippen molar-refractivity contribution in [2.75, 3.05) is 6.61 Å². The van der Waals surface area contributed by atoms with Crippen molar-refractivity contribution in [3.05, 3.63) is 52.6 Å². The molecule has 9 heteroatoms. The number of hydrogen-bond donors (Lipinski definition) is 1. The average Bonchev–Trinajstić information content (AvgIpc) is 3.02. The molecule has 0 saturated carbocycles. The van der Waals surface area contributed by atoms with E-state index >= 15 is 0 Å². The monoisotopic (exact) mass is 336 g/mol. The zero-order valence-corrected chi connectivity index (χ0v) is 13.0. The number of carbonyl (C=O) groups is 1. The van der Waals surface area contributed by atoms with Crippen LogP contribution >= 0.6 is 0 Å². The van der Waals surface area contributed by atoms with Crippen LogP contribution in [0.15, 0.2) is 36.7 Å². The second-order valence-electron chi connectivity index (χ2n) is 5.20. The molecule has 1 aromatic heterocycles. The molecule has 1 aromatic carbocycles. The Kier molecular flexibility index (Phi) is 5.83. The Labute approximate surface area is 137 Å².